The van der Waals surface area contributed by atoms with Crippen LogP contribution in [-0.4, -0.2) is 37.1 Å². The summed E-state index contributed by atoms with van der Waals surface area (Å²) in [5, 5.41) is 5.30. The Morgan fingerprint density at radius 1 is 1.10 bits per heavy atom. The summed E-state index contributed by atoms with van der Waals surface area (Å²) >= 11 is 0. The number of nitrogens with one attached hydrogen (secondary N) is 2. The summed E-state index contributed by atoms with van der Waals surface area (Å²) in [4.78, 5) is 23.3. The van der Waals surface area contributed by atoms with Crippen LogP contribution in [0.25, 0.3) is 0 Å². The second-order valence-electron chi connectivity index (χ2n) is 4.88. The second-order valence-corrected chi connectivity index (χ2v) is 4.88. The van der Waals surface area contributed by atoms with Crippen molar-refractivity contribution in [3.8, 4) is 0 Å². The van der Waals surface area contributed by atoms with Crippen LogP contribution < -0.4 is 10.6 Å². The van der Waals surface area contributed by atoms with Gasteiger partial charge in [0.15, 0.2) is 0 Å². The molecule has 2 amide bonds. The van der Waals surface area contributed by atoms with Crippen molar-refractivity contribution in [2.45, 2.75) is 33.0 Å². The summed E-state index contributed by atoms with van der Waals surface area (Å²) in [6.45, 7) is 5.97. The lowest BCUT2D eigenvalue weighted by Crippen LogP contribution is -2.40. The van der Waals surface area contributed by atoms with E-state index in [0.717, 1.165) is 0 Å². The molecule has 0 spiro atoms. The predicted octanol–water partition coefficient (Wildman–Crippen LogP) is 1.49. The molecule has 0 aliphatic rings. The fraction of sp³-hybridized carbons (Fsp3) is 0.467. The van der Waals surface area contributed by atoms with Gasteiger partial charge in [0, 0.05) is 18.7 Å². The van der Waals surface area contributed by atoms with Crippen molar-refractivity contribution in [3.63, 3.8) is 0 Å². The van der Waals surface area contributed by atoms with Crippen LogP contribution in [0.1, 0.15) is 31.1 Å². The van der Waals surface area contributed by atoms with Crippen LogP contribution >= 0.6 is 0 Å². The standard InChI is InChI=1S/C15H21FN2O3/c1-10(2)21-11(3)14(19)17-8-9-18-15(20)12-4-6-13(16)7-5-12/h4-7,10-11H,8-9H2,1-3H3,(H,17,19)(H,18,20)/t11-/m0/s1. The minimum Gasteiger partial charge on any atom is -0.366 e. The molecule has 0 saturated carbocycles. The van der Waals surface area contributed by atoms with Gasteiger partial charge in [-0.15, -0.1) is 0 Å². The molecular weight excluding hydrogens is 275 g/mol. The number of carbonyl (C=O) groups excluding carboxylic acids is 2. The molecule has 0 aliphatic carbocycles. The Hall–Kier alpha value is -1.95. The monoisotopic (exact) mass is 296 g/mol. The van der Waals surface area contributed by atoms with E-state index in [-0.39, 0.29) is 24.5 Å². The smallest absolute Gasteiger partial charge is 0.251 e. The summed E-state index contributed by atoms with van der Waals surface area (Å²) in [6, 6.07) is 5.26. The summed E-state index contributed by atoms with van der Waals surface area (Å²) in [5.41, 5.74) is 0.374. The van der Waals surface area contributed by atoms with E-state index in [9.17, 15) is 14.0 Å². The van der Waals surface area contributed by atoms with Crippen molar-refractivity contribution < 1.29 is 18.7 Å². The molecule has 21 heavy (non-hydrogen) atoms. The van der Waals surface area contributed by atoms with Gasteiger partial charge in [-0.25, -0.2) is 4.39 Å². The van der Waals surface area contributed by atoms with Gasteiger partial charge in [0.1, 0.15) is 11.9 Å². The van der Waals surface area contributed by atoms with Gasteiger partial charge in [-0.3, -0.25) is 9.59 Å². The van der Waals surface area contributed by atoms with E-state index < -0.39 is 11.9 Å². The average Bonchev–Trinajstić information content (AvgIpc) is 2.43. The molecule has 0 bridgehead atoms. The first-order valence-electron chi connectivity index (χ1n) is 6.87. The minimum absolute atomic E-state index is 0.0241. The molecule has 0 aliphatic heterocycles. The highest BCUT2D eigenvalue weighted by Crippen LogP contribution is 2.02. The third-order valence-electron chi connectivity index (χ3n) is 2.66. The number of halogens is 1. The molecule has 0 radical (unpaired) electrons. The molecule has 0 heterocycles. The van der Waals surface area contributed by atoms with Crippen molar-refractivity contribution in [1.82, 2.24) is 10.6 Å². The van der Waals surface area contributed by atoms with Gasteiger partial charge in [-0.1, -0.05) is 0 Å². The molecule has 116 valence electrons. The molecule has 1 atom stereocenters. The van der Waals surface area contributed by atoms with E-state index in [0.29, 0.717) is 12.1 Å². The molecular formula is C15H21FN2O3. The summed E-state index contributed by atoms with van der Waals surface area (Å²) in [6.07, 6.45) is -0.554. The van der Waals surface area contributed by atoms with E-state index >= 15 is 0 Å². The van der Waals surface area contributed by atoms with Crippen LogP contribution in [0.3, 0.4) is 0 Å². The van der Waals surface area contributed by atoms with Gasteiger partial charge in [0.2, 0.25) is 5.91 Å². The van der Waals surface area contributed by atoms with Crippen LogP contribution in [0.4, 0.5) is 4.39 Å². The maximum atomic E-state index is 12.7. The largest absolute Gasteiger partial charge is 0.366 e. The minimum atomic E-state index is -0.530. The lowest BCUT2D eigenvalue weighted by atomic mass is 10.2. The third-order valence-corrected chi connectivity index (χ3v) is 2.66. The predicted molar refractivity (Wildman–Crippen MR) is 77.4 cm³/mol. The van der Waals surface area contributed by atoms with Gasteiger partial charge >= 0.3 is 0 Å². The number of hydrogen-bond acceptors (Lipinski definition) is 3. The SMILES string of the molecule is CC(C)O[C@@H](C)C(=O)NCCNC(=O)c1ccc(F)cc1. The number of carbonyl (C=O) groups is 2. The number of rotatable bonds is 7. The zero-order valence-electron chi connectivity index (χ0n) is 12.5. The van der Waals surface area contributed by atoms with Crippen LogP contribution in [0, 0.1) is 5.82 Å². The van der Waals surface area contributed by atoms with E-state index in [2.05, 4.69) is 10.6 Å². The lowest BCUT2D eigenvalue weighted by Gasteiger charge is -2.15. The van der Waals surface area contributed by atoms with Crippen molar-refractivity contribution >= 4 is 11.8 Å². The topological polar surface area (TPSA) is 67.4 Å². The summed E-state index contributed by atoms with van der Waals surface area (Å²) in [5.74, 6) is -0.923. The highest BCUT2D eigenvalue weighted by atomic mass is 19.1. The Labute approximate surface area is 123 Å². The molecule has 1 aromatic carbocycles. The highest BCUT2D eigenvalue weighted by Gasteiger charge is 2.14. The molecule has 1 rings (SSSR count). The molecule has 5 nitrogen and oxygen atoms in total. The molecule has 2 N–H and O–H groups in total. The summed E-state index contributed by atoms with van der Waals surface area (Å²) in [7, 11) is 0. The van der Waals surface area contributed by atoms with Gasteiger partial charge < -0.3 is 15.4 Å². The van der Waals surface area contributed by atoms with Gasteiger partial charge in [0.25, 0.3) is 5.91 Å². The van der Waals surface area contributed by atoms with E-state index in [1.807, 2.05) is 13.8 Å². The van der Waals surface area contributed by atoms with Crippen LogP contribution in [-0.2, 0) is 9.53 Å². The van der Waals surface area contributed by atoms with E-state index in [1.165, 1.54) is 24.3 Å². The van der Waals surface area contributed by atoms with Crippen molar-refractivity contribution in [2.24, 2.45) is 0 Å². The lowest BCUT2D eigenvalue weighted by molar-refractivity contribution is -0.134. The maximum Gasteiger partial charge on any atom is 0.251 e. The van der Waals surface area contributed by atoms with E-state index in [4.69, 9.17) is 4.74 Å². The van der Waals surface area contributed by atoms with Gasteiger partial charge in [-0.05, 0) is 45.0 Å². The molecule has 0 saturated heterocycles. The number of benzene rings is 1. The number of hydrogen-bond donors (Lipinski definition) is 2. The Morgan fingerprint density at radius 3 is 2.24 bits per heavy atom. The van der Waals surface area contributed by atoms with Gasteiger partial charge in [0.05, 0.1) is 6.10 Å². The normalized spacial score (nSPS) is 12.0. The Morgan fingerprint density at radius 2 is 1.67 bits per heavy atom. The Bertz CT molecular complexity index is 474. The first kappa shape index (κ1) is 17.1. The number of ether oxygens (including phenoxy) is 1. The Balaban J connectivity index is 2.26. The zero-order chi connectivity index (χ0) is 15.8. The van der Waals surface area contributed by atoms with Crippen LogP contribution in [0.2, 0.25) is 0 Å². The average molecular weight is 296 g/mol. The molecule has 6 heteroatoms. The maximum absolute atomic E-state index is 12.7. The van der Waals surface area contributed by atoms with E-state index in [1.54, 1.807) is 6.92 Å². The molecule has 0 unspecified atom stereocenters. The van der Waals surface area contributed by atoms with Gasteiger partial charge in [-0.2, -0.15) is 0 Å². The third kappa shape index (κ3) is 6.35. The second kappa shape index (κ2) is 8.36. The highest BCUT2D eigenvalue weighted by molar-refractivity contribution is 5.94. The molecule has 1 aromatic rings. The van der Waals surface area contributed by atoms with Crippen molar-refractivity contribution in [1.29, 1.82) is 0 Å². The quantitative estimate of drug-likeness (QED) is 0.749. The fourth-order valence-corrected chi connectivity index (χ4v) is 1.68. The molecule has 0 aromatic heterocycles. The van der Waals surface area contributed by atoms with Crippen molar-refractivity contribution in [2.75, 3.05) is 13.1 Å². The van der Waals surface area contributed by atoms with Crippen LogP contribution in [0.5, 0.6) is 0 Å². The van der Waals surface area contributed by atoms with Crippen molar-refractivity contribution in [3.05, 3.63) is 35.6 Å². The Kier molecular flexibility index (Phi) is 6.81. The molecule has 0 fully saturated rings. The number of amides is 2. The first-order chi connectivity index (χ1) is 9.90. The first-order valence-corrected chi connectivity index (χ1v) is 6.87. The van der Waals surface area contributed by atoms with Crippen LogP contribution in [0.15, 0.2) is 24.3 Å². The summed E-state index contributed by atoms with van der Waals surface area (Å²) < 4.78 is 18.1. The fourth-order valence-electron chi connectivity index (χ4n) is 1.68. The zero-order valence-corrected chi connectivity index (χ0v) is 12.5.